The van der Waals surface area contributed by atoms with Gasteiger partial charge in [-0.3, -0.25) is 4.79 Å². The minimum absolute atomic E-state index is 0.414. The zero-order valence-electron chi connectivity index (χ0n) is 8.43. The van der Waals surface area contributed by atoms with Gasteiger partial charge in [0, 0.05) is 12.8 Å². The van der Waals surface area contributed by atoms with Crippen molar-refractivity contribution in [2.45, 2.75) is 57.8 Å². The van der Waals surface area contributed by atoms with Crippen molar-refractivity contribution in [2.75, 3.05) is 0 Å². The number of hydrogen-bond acceptors (Lipinski definition) is 1. The lowest BCUT2D eigenvalue weighted by Gasteiger charge is -2.02. The highest BCUT2D eigenvalue weighted by Gasteiger charge is 1.99. The molecule has 1 rings (SSSR count). The van der Waals surface area contributed by atoms with Crippen LogP contribution in [0.3, 0.4) is 0 Å². The van der Waals surface area contributed by atoms with Crippen molar-refractivity contribution in [2.24, 2.45) is 0 Å². The molecule has 0 bridgehead atoms. The third-order valence-corrected chi connectivity index (χ3v) is 2.59. The maximum atomic E-state index is 11.2. The van der Waals surface area contributed by atoms with Crippen LogP contribution in [-0.4, -0.2) is 5.78 Å². The Morgan fingerprint density at radius 3 is 2.38 bits per heavy atom. The van der Waals surface area contributed by atoms with Crippen LogP contribution in [0, 0.1) is 0 Å². The van der Waals surface area contributed by atoms with Crippen molar-refractivity contribution < 1.29 is 4.79 Å². The molecule has 1 nitrogen and oxygen atoms in total. The lowest BCUT2D eigenvalue weighted by Crippen LogP contribution is -1.95. The molecule has 1 aliphatic rings. The van der Waals surface area contributed by atoms with Crippen molar-refractivity contribution in [3.05, 3.63) is 12.2 Å². The van der Waals surface area contributed by atoms with Gasteiger partial charge in [-0.05, 0) is 19.3 Å². The predicted molar refractivity (Wildman–Crippen MR) is 55.7 cm³/mol. The second kappa shape index (κ2) is 6.88. The van der Waals surface area contributed by atoms with Gasteiger partial charge in [-0.1, -0.05) is 37.8 Å². The Morgan fingerprint density at radius 1 is 0.846 bits per heavy atom. The standard InChI is InChI=1S/C12H20O/c13-12-10-8-6-4-2-1-3-5-7-9-11-12/h6,8H,1-5,7,9-11H2. The molecule has 0 saturated heterocycles. The summed E-state index contributed by atoms with van der Waals surface area (Å²) in [6, 6.07) is 0. The number of hydrogen-bond donors (Lipinski definition) is 0. The van der Waals surface area contributed by atoms with Gasteiger partial charge in [0.25, 0.3) is 0 Å². The lowest BCUT2D eigenvalue weighted by molar-refractivity contribution is -0.118. The lowest BCUT2D eigenvalue weighted by atomic mass is 10.0. The SMILES string of the molecule is O=C1CC=CCCCCCCCC1. The summed E-state index contributed by atoms with van der Waals surface area (Å²) in [4.78, 5) is 11.2. The Labute approximate surface area is 81.2 Å². The zero-order chi connectivity index (χ0) is 9.36. The summed E-state index contributed by atoms with van der Waals surface area (Å²) in [6.45, 7) is 0. The molecule has 13 heavy (non-hydrogen) atoms. The van der Waals surface area contributed by atoms with E-state index in [1.165, 1.54) is 32.1 Å². The maximum absolute atomic E-state index is 11.2. The van der Waals surface area contributed by atoms with Crippen LogP contribution >= 0.6 is 0 Å². The predicted octanol–water partition coefficient (Wildman–Crippen LogP) is 3.64. The van der Waals surface area contributed by atoms with E-state index in [2.05, 4.69) is 6.08 Å². The quantitative estimate of drug-likeness (QED) is 0.520. The molecule has 0 heterocycles. The van der Waals surface area contributed by atoms with Gasteiger partial charge in [0.2, 0.25) is 0 Å². The first-order chi connectivity index (χ1) is 6.39. The van der Waals surface area contributed by atoms with E-state index in [4.69, 9.17) is 0 Å². The molecule has 0 amide bonds. The van der Waals surface area contributed by atoms with Gasteiger partial charge in [0.1, 0.15) is 5.78 Å². The van der Waals surface area contributed by atoms with E-state index in [9.17, 15) is 4.79 Å². The van der Waals surface area contributed by atoms with Crippen molar-refractivity contribution in [3.63, 3.8) is 0 Å². The van der Waals surface area contributed by atoms with E-state index < -0.39 is 0 Å². The Morgan fingerprint density at radius 2 is 1.54 bits per heavy atom. The molecule has 0 aromatic rings. The fourth-order valence-electron chi connectivity index (χ4n) is 1.73. The molecular formula is C12H20O. The summed E-state index contributed by atoms with van der Waals surface area (Å²) in [5.74, 6) is 0.414. The molecule has 0 spiro atoms. The second-order valence-corrected chi connectivity index (χ2v) is 3.87. The number of rotatable bonds is 0. The molecule has 0 aliphatic heterocycles. The smallest absolute Gasteiger partial charge is 0.136 e. The number of carbonyl (C=O) groups excluding carboxylic acids is 1. The first kappa shape index (κ1) is 10.5. The van der Waals surface area contributed by atoms with E-state index in [-0.39, 0.29) is 0 Å². The van der Waals surface area contributed by atoms with Gasteiger partial charge in [0.05, 0.1) is 0 Å². The molecule has 0 atom stereocenters. The zero-order valence-corrected chi connectivity index (χ0v) is 8.43. The van der Waals surface area contributed by atoms with Crippen LogP contribution < -0.4 is 0 Å². The highest BCUT2D eigenvalue weighted by Crippen LogP contribution is 2.11. The largest absolute Gasteiger partial charge is 0.299 e. The highest BCUT2D eigenvalue weighted by molar-refractivity contribution is 5.79. The highest BCUT2D eigenvalue weighted by atomic mass is 16.1. The van der Waals surface area contributed by atoms with Crippen LogP contribution in [0.25, 0.3) is 0 Å². The van der Waals surface area contributed by atoms with E-state index in [0.29, 0.717) is 12.2 Å². The van der Waals surface area contributed by atoms with Crippen molar-refractivity contribution in [1.82, 2.24) is 0 Å². The normalized spacial score (nSPS) is 22.0. The minimum Gasteiger partial charge on any atom is -0.299 e. The van der Waals surface area contributed by atoms with Crippen LogP contribution in [0.2, 0.25) is 0 Å². The average molecular weight is 180 g/mol. The van der Waals surface area contributed by atoms with Crippen molar-refractivity contribution in [1.29, 1.82) is 0 Å². The molecule has 1 heteroatoms. The van der Waals surface area contributed by atoms with E-state index in [0.717, 1.165) is 19.3 Å². The van der Waals surface area contributed by atoms with E-state index >= 15 is 0 Å². The first-order valence-electron chi connectivity index (χ1n) is 5.56. The summed E-state index contributed by atoms with van der Waals surface area (Å²) in [5, 5.41) is 0. The number of carbonyl (C=O) groups is 1. The molecule has 0 aromatic carbocycles. The summed E-state index contributed by atoms with van der Waals surface area (Å²) < 4.78 is 0. The Bertz CT molecular complexity index is 170. The summed E-state index contributed by atoms with van der Waals surface area (Å²) >= 11 is 0. The molecule has 1 aliphatic carbocycles. The molecule has 0 radical (unpaired) electrons. The summed E-state index contributed by atoms with van der Waals surface area (Å²) in [7, 11) is 0. The van der Waals surface area contributed by atoms with Crippen molar-refractivity contribution in [3.8, 4) is 0 Å². The Balaban J connectivity index is 2.26. The molecule has 0 unspecified atom stereocenters. The Kier molecular flexibility index (Phi) is 5.55. The number of allylic oxidation sites excluding steroid dienone is 2. The summed E-state index contributed by atoms with van der Waals surface area (Å²) in [6.07, 6.45) is 14.5. The summed E-state index contributed by atoms with van der Waals surface area (Å²) in [5.41, 5.74) is 0. The van der Waals surface area contributed by atoms with Crippen LogP contribution in [-0.2, 0) is 4.79 Å². The van der Waals surface area contributed by atoms with E-state index in [1.54, 1.807) is 0 Å². The fourth-order valence-corrected chi connectivity index (χ4v) is 1.73. The molecule has 0 saturated carbocycles. The van der Waals surface area contributed by atoms with Crippen LogP contribution in [0.15, 0.2) is 12.2 Å². The third-order valence-electron chi connectivity index (χ3n) is 2.59. The van der Waals surface area contributed by atoms with Crippen LogP contribution in [0.5, 0.6) is 0 Å². The topological polar surface area (TPSA) is 17.1 Å². The van der Waals surface area contributed by atoms with Crippen molar-refractivity contribution >= 4 is 5.78 Å². The van der Waals surface area contributed by atoms with Gasteiger partial charge >= 0.3 is 0 Å². The molecule has 0 fully saturated rings. The molecule has 74 valence electrons. The minimum atomic E-state index is 0.414. The maximum Gasteiger partial charge on any atom is 0.136 e. The monoisotopic (exact) mass is 180 g/mol. The average Bonchev–Trinajstić information content (AvgIpc) is 2.11. The van der Waals surface area contributed by atoms with Gasteiger partial charge in [-0.25, -0.2) is 0 Å². The van der Waals surface area contributed by atoms with Gasteiger partial charge in [-0.15, -0.1) is 0 Å². The van der Waals surface area contributed by atoms with Crippen LogP contribution in [0.1, 0.15) is 57.8 Å². The van der Waals surface area contributed by atoms with Gasteiger partial charge < -0.3 is 0 Å². The second-order valence-electron chi connectivity index (χ2n) is 3.87. The van der Waals surface area contributed by atoms with Gasteiger partial charge in [-0.2, -0.15) is 0 Å². The Hall–Kier alpha value is -0.590. The molecule has 0 N–H and O–H groups in total. The number of ketones is 1. The molecular weight excluding hydrogens is 160 g/mol. The van der Waals surface area contributed by atoms with Crippen LogP contribution in [0.4, 0.5) is 0 Å². The fraction of sp³-hybridized carbons (Fsp3) is 0.750. The third kappa shape index (κ3) is 5.62. The van der Waals surface area contributed by atoms with E-state index in [1.807, 2.05) is 6.08 Å². The molecule has 0 aromatic heterocycles. The first-order valence-corrected chi connectivity index (χ1v) is 5.56. The number of Topliss-reactive ketones (excluding diaryl/α,β-unsaturated/α-hetero) is 1. The van der Waals surface area contributed by atoms with Gasteiger partial charge in [0.15, 0.2) is 0 Å².